The van der Waals surface area contributed by atoms with E-state index < -0.39 is 0 Å². The molecule has 0 aromatic heterocycles. The summed E-state index contributed by atoms with van der Waals surface area (Å²) in [6.45, 7) is 21.6. The van der Waals surface area contributed by atoms with E-state index in [1.807, 2.05) is 20.2 Å². The summed E-state index contributed by atoms with van der Waals surface area (Å²) in [5, 5.41) is 0. The molecule has 0 spiro atoms. The molecular formula is C53H91N5O5. The third-order valence-corrected chi connectivity index (χ3v) is 16.3. The molecule has 12 unspecified atom stereocenters. The van der Waals surface area contributed by atoms with Gasteiger partial charge in [-0.15, -0.1) is 0 Å². The summed E-state index contributed by atoms with van der Waals surface area (Å²) in [5.74, 6) is 4.89. The zero-order chi connectivity index (χ0) is 47.3. The Morgan fingerprint density at radius 1 is 0.524 bits per heavy atom. The SMILES string of the molecule is CC(=O)C1C(C)C(C)CN1C.CC(=O)C1CCC(C)N1C.CC(=O)C1CCC(C2CCCCC2)N1C.CC(=O)C1CCC(c2ccccc2)N1C.CCC1CN(C)C(C(C)=O)C1C. The van der Waals surface area contributed by atoms with Gasteiger partial charge in [-0.1, -0.05) is 83.7 Å². The Hall–Kier alpha value is -2.63. The number of Topliss-reactive ketones (excluding diaryl/α,β-unsaturated/α-hetero) is 5. The number of nitrogens with zero attached hydrogens (tertiary/aromatic N) is 5. The second kappa shape index (κ2) is 25.9. The van der Waals surface area contributed by atoms with Gasteiger partial charge in [-0.05, 0) is 163 Å². The van der Waals surface area contributed by atoms with Gasteiger partial charge in [0.2, 0.25) is 0 Å². The fourth-order valence-corrected chi connectivity index (χ4v) is 12.3. The van der Waals surface area contributed by atoms with Gasteiger partial charge in [-0.25, -0.2) is 0 Å². The minimum Gasteiger partial charge on any atom is -0.298 e. The van der Waals surface area contributed by atoms with Crippen LogP contribution in [0.2, 0.25) is 0 Å². The molecule has 0 amide bonds. The summed E-state index contributed by atoms with van der Waals surface area (Å²) >= 11 is 0. The molecule has 6 aliphatic rings. The summed E-state index contributed by atoms with van der Waals surface area (Å²) in [6, 6.07) is 13.0. The molecule has 1 aromatic carbocycles. The Balaban J connectivity index is 0.000000212. The van der Waals surface area contributed by atoms with Crippen molar-refractivity contribution in [2.45, 2.75) is 195 Å². The number of rotatable bonds is 8. The van der Waals surface area contributed by atoms with E-state index >= 15 is 0 Å². The van der Waals surface area contributed by atoms with Gasteiger partial charge < -0.3 is 0 Å². The van der Waals surface area contributed by atoms with Crippen molar-refractivity contribution in [2.24, 2.45) is 29.6 Å². The summed E-state index contributed by atoms with van der Waals surface area (Å²) in [4.78, 5) is 67.3. The van der Waals surface area contributed by atoms with Crippen molar-refractivity contribution in [2.75, 3.05) is 48.3 Å². The first-order chi connectivity index (χ1) is 29.6. The lowest BCUT2D eigenvalue weighted by atomic mass is 9.83. The summed E-state index contributed by atoms with van der Waals surface area (Å²) in [7, 11) is 10.3. The number of ketones is 5. The minimum absolute atomic E-state index is 0.121. The van der Waals surface area contributed by atoms with Crippen LogP contribution >= 0.6 is 0 Å². The summed E-state index contributed by atoms with van der Waals surface area (Å²) < 4.78 is 0. The molecule has 1 aliphatic carbocycles. The molecule has 358 valence electrons. The number of likely N-dealkylation sites (tertiary alicyclic amines) is 5. The van der Waals surface area contributed by atoms with Gasteiger partial charge in [0.05, 0.1) is 30.2 Å². The molecule has 10 nitrogen and oxygen atoms in total. The van der Waals surface area contributed by atoms with Crippen LogP contribution in [0.15, 0.2) is 30.3 Å². The highest BCUT2D eigenvalue weighted by atomic mass is 16.1. The van der Waals surface area contributed by atoms with Crippen LogP contribution in [0.25, 0.3) is 0 Å². The van der Waals surface area contributed by atoms with Gasteiger partial charge in [0, 0.05) is 31.2 Å². The molecule has 63 heavy (non-hydrogen) atoms. The fourth-order valence-electron chi connectivity index (χ4n) is 12.3. The van der Waals surface area contributed by atoms with Gasteiger partial charge in [0.25, 0.3) is 0 Å². The van der Waals surface area contributed by atoms with Gasteiger partial charge in [-0.3, -0.25) is 48.5 Å². The molecule has 5 heterocycles. The van der Waals surface area contributed by atoms with Crippen molar-refractivity contribution in [3.8, 4) is 0 Å². The van der Waals surface area contributed by atoms with E-state index in [0.717, 1.165) is 44.7 Å². The van der Waals surface area contributed by atoms with Crippen molar-refractivity contribution in [1.82, 2.24) is 24.5 Å². The van der Waals surface area contributed by atoms with Crippen LogP contribution in [0.1, 0.15) is 158 Å². The molecule has 12 atom stereocenters. The summed E-state index contributed by atoms with van der Waals surface area (Å²) in [5.41, 5.74) is 1.32. The molecular weight excluding hydrogens is 787 g/mol. The van der Waals surface area contributed by atoms with Crippen LogP contribution in [-0.2, 0) is 24.0 Å². The Morgan fingerprint density at radius 2 is 1.00 bits per heavy atom. The maximum atomic E-state index is 11.4. The van der Waals surface area contributed by atoms with Crippen LogP contribution < -0.4 is 0 Å². The van der Waals surface area contributed by atoms with E-state index in [2.05, 4.69) is 105 Å². The Bertz CT molecular complexity index is 1600. The van der Waals surface area contributed by atoms with Crippen molar-refractivity contribution < 1.29 is 24.0 Å². The molecule has 5 saturated heterocycles. The standard InChI is InChI=1S/C13H23NO.C13H17NO.C10H19NO.C9H17NO.C8H15NO/c2*1-10(15)12-8-9-13(14(12)2)11-6-4-3-5-7-11;1-5-9-6-11(4)10(7(9)2)8(3)12;1-6-5-10(4)9(7(6)2)8(3)11;1-6-4-5-8(7(2)10)9(6)3/h11-13H,3-9H2,1-2H3;3-7,12-13H,8-9H2,1-2H3;7,9-10H,5-6H2,1-4H3;6-7,9H,5H2,1-4H3;6,8H,4-5H2,1-3H3. The van der Waals surface area contributed by atoms with Gasteiger partial charge in [0.15, 0.2) is 0 Å². The van der Waals surface area contributed by atoms with Crippen molar-refractivity contribution in [3.05, 3.63) is 35.9 Å². The van der Waals surface area contributed by atoms with E-state index in [4.69, 9.17) is 0 Å². The van der Waals surface area contributed by atoms with Gasteiger partial charge in [-0.2, -0.15) is 0 Å². The third kappa shape index (κ3) is 14.9. The maximum absolute atomic E-state index is 11.4. The lowest BCUT2D eigenvalue weighted by Crippen LogP contribution is -2.40. The van der Waals surface area contributed by atoms with E-state index in [-0.39, 0.29) is 36.0 Å². The second-order valence-electron chi connectivity index (χ2n) is 20.7. The lowest BCUT2D eigenvalue weighted by molar-refractivity contribution is -0.122. The van der Waals surface area contributed by atoms with Crippen LogP contribution in [0.3, 0.4) is 0 Å². The molecule has 10 heteroatoms. The predicted molar refractivity (Wildman–Crippen MR) is 259 cm³/mol. The molecule has 1 aromatic rings. The average Bonchev–Trinajstić information content (AvgIpc) is 4.03. The normalized spacial score (nSPS) is 34.1. The maximum Gasteiger partial charge on any atom is 0.147 e. The van der Waals surface area contributed by atoms with Crippen molar-refractivity contribution in [3.63, 3.8) is 0 Å². The smallest absolute Gasteiger partial charge is 0.147 e. The molecule has 6 fully saturated rings. The Kier molecular flexibility index (Phi) is 22.5. The highest BCUT2D eigenvalue weighted by molar-refractivity contribution is 5.83. The fraction of sp³-hybridized carbons (Fsp3) is 0.792. The number of hydrogen-bond acceptors (Lipinski definition) is 10. The summed E-state index contributed by atoms with van der Waals surface area (Å²) in [6.07, 6.45) is 14.8. The van der Waals surface area contributed by atoms with E-state index in [9.17, 15) is 24.0 Å². The zero-order valence-corrected chi connectivity index (χ0v) is 42.6. The molecule has 1 saturated carbocycles. The third-order valence-electron chi connectivity index (χ3n) is 16.3. The zero-order valence-electron chi connectivity index (χ0n) is 42.6. The van der Waals surface area contributed by atoms with E-state index in [1.165, 1.54) is 56.9 Å². The first-order valence-corrected chi connectivity index (χ1v) is 24.8. The number of benzene rings is 1. The van der Waals surface area contributed by atoms with Gasteiger partial charge >= 0.3 is 0 Å². The predicted octanol–water partition coefficient (Wildman–Crippen LogP) is 8.80. The topological polar surface area (TPSA) is 102 Å². The first kappa shape index (κ1) is 54.7. The van der Waals surface area contributed by atoms with Crippen LogP contribution in [0.4, 0.5) is 0 Å². The monoisotopic (exact) mass is 878 g/mol. The number of carbonyl (C=O) groups excluding carboxylic acids is 5. The molecule has 0 N–H and O–H groups in total. The van der Waals surface area contributed by atoms with Crippen LogP contribution in [0, 0.1) is 29.6 Å². The van der Waals surface area contributed by atoms with Crippen LogP contribution in [0.5, 0.6) is 0 Å². The van der Waals surface area contributed by atoms with E-state index in [1.54, 1.807) is 34.6 Å². The highest BCUT2D eigenvalue weighted by Crippen LogP contribution is 2.37. The average molecular weight is 878 g/mol. The number of likely N-dealkylation sites (N-methyl/N-ethyl adjacent to an activating group) is 5. The molecule has 0 radical (unpaired) electrons. The van der Waals surface area contributed by atoms with Crippen molar-refractivity contribution in [1.29, 1.82) is 0 Å². The number of hydrogen-bond donors (Lipinski definition) is 0. The molecule has 0 bridgehead atoms. The lowest BCUT2D eigenvalue weighted by Gasteiger charge is -2.33. The Morgan fingerprint density at radius 3 is 1.37 bits per heavy atom. The van der Waals surface area contributed by atoms with E-state index in [0.29, 0.717) is 64.9 Å². The van der Waals surface area contributed by atoms with Crippen LogP contribution in [-0.4, -0.2) is 144 Å². The van der Waals surface area contributed by atoms with Gasteiger partial charge in [0.1, 0.15) is 28.9 Å². The molecule has 5 aliphatic heterocycles. The largest absolute Gasteiger partial charge is 0.298 e. The Labute approximate surface area is 384 Å². The van der Waals surface area contributed by atoms with Crippen molar-refractivity contribution >= 4 is 28.9 Å². The first-order valence-electron chi connectivity index (χ1n) is 24.8. The second-order valence-corrected chi connectivity index (χ2v) is 20.7. The minimum atomic E-state index is 0.121. The highest BCUT2D eigenvalue weighted by Gasteiger charge is 2.40. The quantitative estimate of drug-likeness (QED) is 0.252. The molecule has 7 rings (SSSR count). The number of carbonyl (C=O) groups is 5.